The van der Waals surface area contributed by atoms with E-state index in [2.05, 4.69) is 9.97 Å². The molecule has 3 rings (SSSR count). The number of para-hydroxylation sites is 1. The van der Waals surface area contributed by atoms with Gasteiger partial charge in [-0.1, -0.05) is 23.7 Å². The minimum atomic E-state index is 0.288. The van der Waals surface area contributed by atoms with Crippen molar-refractivity contribution in [1.82, 2.24) is 9.97 Å². The SMILES string of the molecule is CN(C=O)c1ccc(-c2nc3ccccc3s2)nc1Cl. The lowest BCUT2D eigenvalue weighted by atomic mass is 10.3. The lowest BCUT2D eigenvalue weighted by Gasteiger charge is -2.12. The van der Waals surface area contributed by atoms with Crippen molar-refractivity contribution in [2.75, 3.05) is 11.9 Å². The van der Waals surface area contributed by atoms with Gasteiger partial charge in [0.05, 0.1) is 15.9 Å². The normalized spacial score (nSPS) is 10.7. The van der Waals surface area contributed by atoms with Crippen LogP contribution in [0.4, 0.5) is 5.69 Å². The van der Waals surface area contributed by atoms with Gasteiger partial charge in [0.25, 0.3) is 0 Å². The van der Waals surface area contributed by atoms with Crippen molar-refractivity contribution >= 4 is 45.3 Å². The predicted molar refractivity (Wildman–Crippen MR) is 82.3 cm³/mol. The van der Waals surface area contributed by atoms with Crippen LogP contribution in [-0.4, -0.2) is 23.4 Å². The first-order valence-corrected chi connectivity index (χ1v) is 7.09. The molecule has 1 amide bonds. The summed E-state index contributed by atoms with van der Waals surface area (Å²) >= 11 is 7.68. The Morgan fingerprint density at radius 3 is 2.70 bits per heavy atom. The van der Waals surface area contributed by atoms with Gasteiger partial charge in [-0.15, -0.1) is 11.3 Å². The fourth-order valence-corrected chi connectivity index (χ4v) is 3.07. The van der Waals surface area contributed by atoms with Gasteiger partial charge < -0.3 is 4.90 Å². The molecule has 0 aliphatic heterocycles. The molecule has 0 saturated heterocycles. The Kier molecular flexibility index (Phi) is 3.38. The van der Waals surface area contributed by atoms with Crippen molar-refractivity contribution in [1.29, 1.82) is 0 Å². The van der Waals surface area contributed by atoms with E-state index in [1.807, 2.05) is 30.3 Å². The number of hydrogen-bond donors (Lipinski definition) is 0. The van der Waals surface area contributed by atoms with Crippen LogP contribution in [0.5, 0.6) is 0 Å². The Balaban J connectivity index is 2.06. The van der Waals surface area contributed by atoms with Crippen LogP contribution in [0.1, 0.15) is 0 Å². The van der Waals surface area contributed by atoms with E-state index in [4.69, 9.17) is 11.6 Å². The molecule has 6 heteroatoms. The summed E-state index contributed by atoms with van der Waals surface area (Å²) in [4.78, 5) is 21.0. The molecule has 0 saturated carbocycles. The first-order chi connectivity index (χ1) is 9.69. The second kappa shape index (κ2) is 5.19. The minimum absolute atomic E-state index is 0.288. The van der Waals surface area contributed by atoms with E-state index in [1.165, 1.54) is 4.90 Å². The summed E-state index contributed by atoms with van der Waals surface area (Å²) in [5, 5.41) is 1.10. The first-order valence-electron chi connectivity index (χ1n) is 5.89. The van der Waals surface area contributed by atoms with E-state index in [0.29, 0.717) is 17.8 Å². The largest absolute Gasteiger partial charge is 0.315 e. The Morgan fingerprint density at radius 2 is 2.00 bits per heavy atom. The van der Waals surface area contributed by atoms with Gasteiger partial charge in [-0.05, 0) is 24.3 Å². The summed E-state index contributed by atoms with van der Waals surface area (Å²) < 4.78 is 1.11. The molecule has 2 heterocycles. The molecule has 0 N–H and O–H groups in total. The smallest absolute Gasteiger partial charge is 0.213 e. The highest BCUT2D eigenvalue weighted by molar-refractivity contribution is 7.21. The minimum Gasteiger partial charge on any atom is -0.315 e. The molecule has 1 aromatic carbocycles. The first kappa shape index (κ1) is 13.0. The third-order valence-corrected chi connectivity index (χ3v) is 4.22. The molecular formula is C14H10ClN3OS. The summed E-state index contributed by atoms with van der Waals surface area (Å²) in [5.41, 5.74) is 2.23. The second-order valence-corrected chi connectivity index (χ2v) is 5.60. The van der Waals surface area contributed by atoms with Gasteiger partial charge in [-0.25, -0.2) is 9.97 Å². The zero-order valence-electron chi connectivity index (χ0n) is 10.6. The van der Waals surface area contributed by atoms with E-state index >= 15 is 0 Å². The summed E-state index contributed by atoms with van der Waals surface area (Å²) in [6.07, 6.45) is 0.695. The van der Waals surface area contributed by atoms with E-state index in [-0.39, 0.29) is 5.15 Å². The molecule has 2 aromatic heterocycles. The number of benzene rings is 1. The van der Waals surface area contributed by atoms with Gasteiger partial charge in [0, 0.05) is 7.05 Å². The van der Waals surface area contributed by atoms with Gasteiger partial charge in [-0.3, -0.25) is 4.79 Å². The van der Waals surface area contributed by atoms with Crippen LogP contribution in [0.15, 0.2) is 36.4 Å². The van der Waals surface area contributed by atoms with Gasteiger partial charge in [0.1, 0.15) is 10.7 Å². The number of rotatable bonds is 3. The lowest BCUT2D eigenvalue weighted by Crippen LogP contribution is -2.14. The van der Waals surface area contributed by atoms with Gasteiger partial charge in [0.15, 0.2) is 5.15 Å². The maximum absolute atomic E-state index is 10.8. The van der Waals surface area contributed by atoms with Crippen LogP contribution in [-0.2, 0) is 4.79 Å². The molecule has 100 valence electrons. The highest BCUT2D eigenvalue weighted by Gasteiger charge is 2.11. The average Bonchev–Trinajstić information content (AvgIpc) is 2.90. The molecule has 4 nitrogen and oxygen atoms in total. The van der Waals surface area contributed by atoms with Crippen molar-refractivity contribution in [2.45, 2.75) is 0 Å². The van der Waals surface area contributed by atoms with Crippen LogP contribution in [0, 0.1) is 0 Å². The van der Waals surface area contributed by atoms with Gasteiger partial charge in [0.2, 0.25) is 6.41 Å². The molecule has 0 aliphatic rings. The number of hydrogen-bond acceptors (Lipinski definition) is 4. The third-order valence-electron chi connectivity index (χ3n) is 2.88. The van der Waals surface area contributed by atoms with Crippen molar-refractivity contribution in [3.05, 3.63) is 41.6 Å². The van der Waals surface area contributed by atoms with Crippen LogP contribution in [0.3, 0.4) is 0 Å². The van der Waals surface area contributed by atoms with E-state index < -0.39 is 0 Å². The number of amides is 1. The maximum atomic E-state index is 10.8. The molecule has 0 aliphatic carbocycles. The predicted octanol–water partition coefficient (Wildman–Crippen LogP) is 3.60. The van der Waals surface area contributed by atoms with E-state index in [0.717, 1.165) is 15.2 Å². The summed E-state index contributed by atoms with van der Waals surface area (Å²) in [7, 11) is 1.63. The molecule has 20 heavy (non-hydrogen) atoms. The highest BCUT2D eigenvalue weighted by Crippen LogP contribution is 2.31. The van der Waals surface area contributed by atoms with Crippen LogP contribution < -0.4 is 4.90 Å². The molecule has 0 bridgehead atoms. The molecule has 0 atom stereocenters. The average molecular weight is 304 g/mol. The number of anilines is 1. The Hall–Kier alpha value is -1.98. The Labute approximate surface area is 124 Å². The van der Waals surface area contributed by atoms with Crippen molar-refractivity contribution in [3.63, 3.8) is 0 Å². The summed E-state index contributed by atoms with van der Waals surface area (Å²) in [5.74, 6) is 0. The standard InChI is InChI=1S/C14H10ClN3OS/c1-18(8-19)11-7-6-10(16-13(11)15)14-17-9-4-2-3-5-12(9)20-14/h2-8H,1H3. The number of halogens is 1. The number of pyridine rings is 1. The monoisotopic (exact) mass is 303 g/mol. The Bertz CT molecular complexity index is 754. The maximum Gasteiger partial charge on any atom is 0.213 e. The van der Waals surface area contributed by atoms with E-state index in [1.54, 1.807) is 24.5 Å². The number of carbonyl (C=O) groups is 1. The van der Waals surface area contributed by atoms with Crippen LogP contribution >= 0.6 is 22.9 Å². The quantitative estimate of drug-likeness (QED) is 0.548. The topological polar surface area (TPSA) is 46.1 Å². The molecular weight excluding hydrogens is 294 g/mol. The van der Waals surface area contributed by atoms with Crippen LogP contribution in [0.2, 0.25) is 5.15 Å². The summed E-state index contributed by atoms with van der Waals surface area (Å²) in [6.45, 7) is 0. The molecule has 0 unspecified atom stereocenters. The zero-order chi connectivity index (χ0) is 14.1. The fourth-order valence-electron chi connectivity index (χ4n) is 1.85. The molecule has 0 fully saturated rings. The number of nitrogens with zero attached hydrogens (tertiary/aromatic N) is 3. The van der Waals surface area contributed by atoms with E-state index in [9.17, 15) is 4.79 Å². The number of fused-ring (bicyclic) bond motifs is 1. The second-order valence-electron chi connectivity index (χ2n) is 4.21. The number of carbonyl (C=O) groups excluding carboxylic acids is 1. The zero-order valence-corrected chi connectivity index (χ0v) is 12.1. The van der Waals surface area contributed by atoms with Gasteiger partial charge >= 0.3 is 0 Å². The lowest BCUT2D eigenvalue weighted by molar-refractivity contribution is -0.107. The Morgan fingerprint density at radius 1 is 1.20 bits per heavy atom. The number of thiazole rings is 1. The van der Waals surface area contributed by atoms with Crippen molar-refractivity contribution < 1.29 is 4.79 Å². The van der Waals surface area contributed by atoms with Crippen molar-refractivity contribution in [2.24, 2.45) is 0 Å². The number of aromatic nitrogens is 2. The fraction of sp³-hybridized carbons (Fsp3) is 0.0714. The highest BCUT2D eigenvalue weighted by atomic mass is 35.5. The molecule has 3 aromatic rings. The molecule has 0 radical (unpaired) electrons. The van der Waals surface area contributed by atoms with Crippen molar-refractivity contribution in [3.8, 4) is 10.7 Å². The van der Waals surface area contributed by atoms with Gasteiger partial charge in [-0.2, -0.15) is 0 Å². The summed E-state index contributed by atoms with van der Waals surface area (Å²) in [6, 6.07) is 11.5. The molecule has 0 spiro atoms. The third kappa shape index (κ3) is 2.26. The van der Waals surface area contributed by atoms with Crippen LogP contribution in [0.25, 0.3) is 20.9 Å².